The number of amides is 1. The second-order valence-electron chi connectivity index (χ2n) is 10.9. The van der Waals surface area contributed by atoms with E-state index in [2.05, 4.69) is 4.90 Å². The monoisotopic (exact) mass is 530 g/mol. The predicted octanol–water partition coefficient (Wildman–Crippen LogP) is 5.96. The van der Waals surface area contributed by atoms with Crippen LogP contribution in [0.3, 0.4) is 0 Å². The van der Waals surface area contributed by atoms with Gasteiger partial charge in [-0.2, -0.15) is 0 Å². The molecule has 7 nitrogen and oxygen atoms in total. The third-order valence-electron chi connectivity index (χ3n) is 7.04. The molecule has 3 aromatic carbocycles. The van der Waals surface area contributed by atoms with Crippen molar-refractivity contribution in [3.05, 3.63) is 108 Å². The SMILES string of the molecule is COC(=O)[C@@H](OC(=O)N1C(C)(C)COC1(C)C)[C@H](c1ccccc1)N(Cc1ccccc1)Cc1ccccc1. The van der Waals surface area contributed by atoms with Crippen molar-refractivity contribution in [3.63, 3.8) is 0 Å². The molecule has 2 atom stereocenters. The largest absolute Gasteiger partial charge is 0.466 e. The van der Waals surface area contributed by atoms with Gasteiger partial charge in [-0.3, -0.25) is 9.80 Å². The summed E-state index contributed by atoms with van der Waals surface area (Å²) in [4.78, 5) is 30.9. The lowest BCUT2D eigenvalue weighted by atomic mass is 9.97. The van der Waals surface area contributed by atoms with Crippen molar-refractivity contribution in [3.8, 4) is 0 Å². The number of carbonyl (C=O) groups excluding carboxylic acids is 2. The van der Waals surface area contributed by atoms with E-state index in [1.54, 1.807) is 4.90 Å². The first-order valence-corrected chi connectivity index (χ1v) is 13.2. The Morgan fingerprint density at radius 3 is 1.77 bits per heavy atom. The van der Waals surface area contributed by atoms with E-state index in [0.29, 0.717) is 19.7 Å². The van der Waals surface area contributed by atoms with Gasteiger partial charge in [-0.15, -0.1) is 0 Å². The lowest BCUT2D eigenvalue weighted by Crippen LogP contribution is -2.55. The molecule has 4 rings (SSSR count). The Kier molecular flexibility index (Phi) is 8.73. The van der Waals surface area contributed by atoms with Gasteiger partial charge < -0.3 is 14.2 Å². The highest BCUT2D eigenvalue weighted by atomic mass is 16.6. The Morgan fingerprint density at radius 1 is 0.846 bits per heavy atom. The van der Waals surface area contributed by atoms with Crippen LogP contribution in [0.1, 0.15) is 50.4 Å². The van der Waals surface area contributed by atoms with E-state index < -0.39 is 35.5 Å². The summed E-state index contributed by atoms with van der Waals surface area (Å²) in [6.07, 6.45) is -1.86. The maximum absolute atomic E-state index is 13.8. The third-order valence-corrected chi connectivity index (χ3v) is 7.04. The zero-order valence-electron chi connectivity index (χ0n) is 23.4. The second-order valence-corrected chi connectivity index (χ2v) is 10.9. The van der Waals surface area contributed by atoms with E-state index in [0.717, 1.165) is 16.7 Å². The van der Waals surface area contributed by atoms with Crippen molar-refractivity contribution in [2.75, 3.05) is 13.7 Å². The Morgan fingerprint density at radius 2 is 1.33 bits per heavy atom. The van der Waals surface area contributed by atoms with Gasteiger partial charge in [-0.25, -0.2) is 9.59 Å². The average Bonchev–Trinajstić information content (AvgIpc) is 3.16. The minimum Gasteiger partial charge on any atom is -0.466 e. The van der Waals surface area contributed by atoms with Crippen LogP contribution in [0.15, 0.2) is 91.0 Å². The molecule has 1 aliphatic heterocycles. The number of ether oxygens (including phenoxy) is 3. The van der Waals surface area contributed by atoms with Gasteiger partial charge in [0.1, 0.15) is 5.72 Å². The molecule has 1 heterocycles. The zero-order valence-corrected chi connectivity index (χ0v) is 23.4. The fourth-order valence-corrected chi connectivity index (χ4v) is 5.31. The summed E-state index contributed by atoms with van der Waals surface area (Å²) >= 11 is 0. The number of nitrogens with zero attached hydrogens (tertiary/aromatic N) is 2. The predicted molar refractivity (Wildman–Crippen MR) is 150 cm³/mol. The van der Waals surface area contributed by atoms with Gasteiger partial charge in [0.05, 0.1) is 25.3 Å². The number of benzene rings is 3. The van der Waals surface area contributed by atoms with Crippen LogP contribution < -0.4 is 0 Å². The molecule has 0 aliphatic carbocycles. The quantitative estimate of drug-likeness (QED) is 0.318. The minimum atomic E-state index is -1.23. The first-order valence-electron chi connectivity index (χ1n) is 13.2. The van der Waals surface area contributed by atoms with Crippen LogP contribution in [0.25, 0.3) is 0 Å². The molecule has 0 unspecified atom stereocenters. The van der Waals surface area contributed by atoms with Crippen molar-refractivity contribution >= 4 is 12.1 Å². The number of methoxy groups -OCH3 is 1. The number of rotatable bonds is 9. The maximum Gasteiger partial charge on any atom is 0.413 e. The molecule has 0 bridgehead atoms. The normalized spacial score (nSPS) is 17.4. The van der Waals surface area contributed by atoms with Gasteiger partial charge in [0.15, 0.2) is 0 Å². The summed E-state index contributed by atoms with van der Waals surface area (Å²) in [5.74, 6) is -0.626. The molecule has 0 N–H and O–H groups in total. The van der Waals surface area contributed by atoms with Gasteiger partial charge in [-0.1, -0.05) is 91.0 Å². The molecule has 1 amide bonds. The van der Waals surface area contributed by atoms with Crippen LogP contribution in [0.2, 0.25) is 0 Å². The number of carbonyl (C=O) groups is 2. The summed E-state index contributed by atoms with van der Waals surface area (Å²) in [6, 6.07) is 29.1. The Bertz CT molecular complexity index is 1170. The molecule has 0 spiro atoms. The molecule has 0 aromatic heterocycles. The van der Waals surface area contributed by atoms with Crippen molar-refractivity contribution in [1.82, 2.24) is 9.80 Å². The van der Waals surface area contributed by atoms with Crippen LogP contribution in [0.5, 0.6) is 0 Å². The van der Waals surface area contributed by atoms with Crippen molar-refractivity contribution in [1.29, 1.82) is 0 Å². The topological polar surface area (TPSA) is 68.3 Å². The summed E-state index contributed by atoms with van der Waals surface area (Å²) < 4.78 is 17.3. The molecule has 0 saturated carbocycles. The molecular weight excluding hydrogens is 492 g/mol. The first-order chi connectivity index (χ1) is 18.6. The summed E-state index contributed by atoms with van der Waals surface area (Å²) in [7, 11) is 1.32. The van der Waals surface area contributed by atoms with Crippen LogP contribution >= 0.6 is 0 Å². The van der Waals surface area contributed by atoms with Crippen LogP contribution in [0.4, 0.5) is 4.79 Å². The second kappa shape index (κ2) is 12.0. The smallest absolute Gasteiger partial charge is 0.413 e. The van der Waals surface area contributed by atoms with Gasteiger partial charge in [0.2, 0.25) is 6.10 Å². The molecule has 0 radical (unpaired) electrons. The minimum absolute atomic E-state index is 0.355. The molecule has 1 fully saturated rings. The fraction of sp³-hybridized carbons (Fsp3) is 0.375. The van der Waals surface area contributed by atoms with Gasteiger partial charge in [0, 0.05) is 13.1 Å². The highest BCUT2D eigenvalue weighted by molar-refractivity contribution is 5.80. The summed E-state index contributed by atoms with van der Waals surface area (Å²) in [6.45, 7) is 8.87. The zero-order chi connectivity index (χ0) is 28.0. The lowest BCUT2D eigenvalue weighted by Gasteiger charge is -2.40. The third kappa shape index (κ3) is 6.67. The molecular formula is C32H38N2O5. The summed E-state index contributed by atoms with van der Waals surface area (Å²) in [5.41, 5.74) is 1.47. The first kappa shape index (κ1) is 28.3. The van der Waals surface area contributed by atoms with E-state index >= 15 is 0 Å². The van der Waals surface area contributed by atoms with E-state index in [9.17, 15) is 9.59 Å². The Hall–Kier alpha value is -3.68. The van der Waals surface area contributed by atoms with Gasteiger partial charge in [0.25, 0.3) is 0 Å². The molecule has 39 heavy (non-hydrogen) atoms. The number of hydrogen-bond donors (Lipinski definition) is 0. The number of esters is 1. The van der Waals surface area contributed by atoms with Crippen LogP contribution in [-0.4, -0.2) is 52.9 Å². The van der Waals surface area contributed by atoms with Crippen molar-refractivity contribution < 1.29 is 23.8 Å². The number of hydrogen-bond acceptors (Lipinski definition) is 6. The van der Waals surface area contributed by atoms with Crippen LogP contribution in [0, 0.1) is 0 Å². The highest BCUT2D eigenvalue weighted by Crippen LogP contribution is 2.37. The van der Waals surface area contributed by atoms with E-state index in [-0.39, 0.29) is 0 Å². The maximum atomic E-state index is 13.8. The molecule has 7 heteroatoms. The van der Waals surface area contributed by atoms with E-state index in [4.69, 9.17) is 14.2 Å². The van der Waals surface area contributed by atoms with Gasteiger partial charge >= 0.3 is 12.1 Å². The van der Waals surface area contributed by atoms with Crippen LogP contribution in [-0.2, 0) is 32.1 Å². The molecule has 206 valence electrons. The highest BCUT2D eigenvalue weighted by Gasteiger charge is 2.51. The molecule has 1 saturated heterocycles. The Balaban J connectivity index is 1.78. The molecule has 3 aromatic rings. The lowest BCUT2D eigenvalue weighted by molar-refractivity contribution is -0.157. The fourth-order valence-electron chi connectivity index (χ4n) is 5.31. The molecule has 1 aliphatic rings. The average molecular weight is 531 g/mol. The van der Waals surface area contributed by atoms with Crippen molar-refractivity contribution in [2.45, 2.75) is 64.2 Å². The Labute approximate surface area is 231 Å². The summed E-state index contributed by atoms with van der Waals surface area (Å²) in [5, 5.41) is 0. The van der Waals surface area contributed by atoms with Crippen molar-refractivity contribution in [2.24, 2.45) is 0 Å². The van der Waals surface area contributed by atoms with E-state index in [1.165, 1.54) is 7.11 Å². The standard InChI is InChI=1S/C32H38N2O5/c1-31(2)23-38-32(3,4)34(31)30(36)39-28(29(35)37-5)27(26-19-13-8-14-20-26)33(21-24-15-9-6-10-16-24)22-25-17-11-7-12-18-25/h6-20,27-28H,21-23H2,1-5H3/t27-,28-/m0/s1. The van der Waals surface area contributed by atoms with Gasteiger partial charge in [-0.05, 0) is 44.4 Å². The van der Waals surface area contributed by atoms with E-state index in [1.807, 2.05) is 119 Å².